The first-order chi connectivity index (χ1) is 6.79. The molecule has 0 amide bonds. The van der Waals surface area contributed by atoms with Gasteiger partial charge >= 0.3 is 5.97 Å². The largest absolute Gasteiger partial charge is 0.423 e. The minimum atomic E-state index is -0.430. The first-order valence-corrected chi connectivity index (χ1v) is 4.99. The number of rotatable bonds is 2. The second-order valence-electron chi connectivity index (χ2n) is 2.75. The van der Waals surface area contributed by atoms with Crippen molar-refractivity contribution in [2.24, 2.45) is 0 Å². The zero-order chi connectivity index (χ0) is 9.97. The summed E-state index contributed by atoms with van der Waals surface area (Å²) in [4.78, 5) is 10.9. The van der Waals surface area contributed by atoms with Crippen LogP contribution in [0.2, 0.25) is 0 Å². The molecule has 2 nitrogen and oxygen atoms in total. The molecule has 0 atom stereocenters. The smallest absolute Gasteiger partial charge is 0.335 e. The highest BCUT2D eigenvalue weighted by molar-refractivity contribution is 7.17. The van der Waals surface area contributed by atoms with E-state index in [0.717, 1.165) is 16.2 Å². The van der Waals surface area contributed by atoms with Gasteiger partial charge in [0.05, 0.1) is 0 Å². The number of ether oxygens (including phenoxy) is 1. The van der Waals surface area contributed by atoms with Crippen LogP contribution in [0.15, 0.2) is 42.3 Å². The Kier molecular flexibility index (Phi) is 2.33. The van der Waals surface area contributed by atoms with Gasteiger partial charge in [0, 0.05) is 10.8 Å². The monoisotopic (exact) mass is 204 g/mol. The Bertz CT molecular complexity index is 485. The Balaban J connectivity index is 2.34. The highest BCUT2D eigenvalue weighted by Gasteiger charge is 2.01. The van der Waals surface area contributed by atoms with Crippen molar-refractivity contribution in [2.45, 2.75) is 0 Å². The second kappa shape index (κ2) is 3.64. The van der Waals surface area contributed by atoms with Gasteiger partial charge in [-0.05, 0) is 35.0 Å². The average Bonchev–Trinajstić information content (AvgIpc) is 2.64. The summed E-state index contributed by atoms with van der Waals surface area (Å²) in [6, 6.07) is 7.58. The van der Waals surface area contributed by atoms with Crippen LogP contribution in [-0.2, 0) is 4.79 Å². The Hall–Kier alpha value is -1.61. The number of carbonyl (C=O) groups excluding carboxylic acids is 1. The zero-order valence-corrected chi connectivity index (χ0v) is 8.21. The number of benzene rings is 1. The average molecular weight is 204 g/mol. The third kappa shape index (κ3) is 1.67. The van der Waals surface area contributed by atoms with Gasteiger partial charge in [0.25, 0.3) is 0 Å². The molecule has 1 heterocycles. The fourth-order valence-corrected chi connectivity index (χ4v) is 1.97. The van der Waals surface area contributed by atoms with E-state index in [4.69, 9.17) is 4.74 Å². The van der Waals surface area contributed by atoms with Crippen molar-refractivity contribution in [3.63, 3.8) is 0 Å². The van der Waals surface area contributed by atoms with Crippen LogP contribution in [0.25, 0.3) is 10.1 Å². The van der Waals surface area contributed by atoms with Gasteiger partial charge < -0.3 is 4.74 Å². The molecule has 0 aliphatic heterocycles. The molecule has 0 aliphatic carbocycles. The van der Waals surface area contributed by atoms with Crippen LogP contribution in [0.1, 0.15) is 0 Å². The molecule has 14 heavy (non-hydrogen) atoms. The van der Waals surface area contributed by atoms with Crippen LogP contribution < -0.4 is 4.74 Å². The van der Waals surface area contributed by atoms with Crippen molar-refractivity contribution in [1.29, 1.82) is 0 Å². The predicted octanol–water partition coefficient (Wildman–Crippen LogP) is 2.99. The maximum absolute atomic E-state index is 10.9. The van der Waals surface area contributed by atoms with E-state index in [9.17, 15) is 4.79 Å². The maximum Gasteiger partial charge on any atom is 0.335 e. The molecule has 0 saturated heterocycles. The summed E-state index contributed by atoms with van der Waals surface area (Å²) < 4.78 is 6.10. The van der Waals surface area contributed by atoms with Gasteiger partial charge in [-0.1, -0.05) is 6.58 Å². The topological polar surface area (TPSA) is 26.3 Å². The Morgan fingerprint density at radius 2 is 2.29 bits per heavy atom. The normalized spacial score (nSPS) is 10.0. The number of fused-ring (bicyclic) bond motifs is 1. The Labute approximate surface area is 85.4 Å². The Morgan fingerprint density at radius 3 is 3.07 bits per heavy atom. The molecule has 0 fully saturated rings. The predicted molar refractivity (Wildman–Crippen MR) is 57.7 cm³/mol. The molecule has 1 aromatic heterocycles. The molecule has 2 rings (SSSR count). The molecule has 0 N–H and O–H groups in total. The third-order valence-electron chi connectivity index (χ3n) is 1.81. The van der Waals surface area contributed by atoms with Crippen molar-refractivity contribution < 1.29 is 9.53 Å². The molecule has 1 aromatic carbocycles. The lowest BCUT2D eigenvalue weighted by Gasteiger charge is -2.00. The quantitative estimate of drug-likeness (QED) is 0.427. The number of hydrogen-bond donors (Lipinski definition) is 0. The van der Waals surface area contributed by atoms with Gasteiger partial charge in [0.2, 0.25) is 0 Å². The first kappa shape index (κ1) is 8.97. The molecule has 0 spiro atoms. The van der Waals surface area contributed by atoms with Crippen LogP contribution in [0.5, 0.6) is 5.75 Å². The van der Waals surface area contributed by atoms with Gasteiger partial charge in [-0.25, -0.2) is 4.79 Å². The lowest BCUT2D eigenvalue weighted by molar-refractivity contribution is -0.128. The van der Waals surface area contributed by atoms with Gasteiger partial charge in [0.15, 0.2) is 0 Å². The van der Waals surface area contributed by atoms with Crippen LogP contribution >= 0.6 is 11.3 Å². The van der Waals surface area contributed by atoms with E-state index in [-0.39, 0.29) is 0 Å². The minimum Gasteiger partial charge on any atom is -0.423 e. The molecule has 3 heteroatoms. The summed E-state index contributed by atoms with van der Waals surface area (Å²) >= 11 is 1.62. The molecule has 0 bridgehead atoms. The number of carbonyl (C=O) groups is 1. The highest BCUT2D eigenvalue weighted by Crippen LogP contribution is 2.25. The molecule has 0 unspecified atom stereocenters. The van der Waals surface area contributed by atoms with Crippen molar-refractivity contribution >= 4 is 27.4 Å². The van der Waals surface area contributed by atoms with E-state index in [2.05, 4.69) is 6.58 Å². The van der Waals surface area contributed by atoms with Crippen LogP contribution in [0, 0.1) is 0 Å². The molecule has 0 aliphatic rings. The number of thiophene rings is 1. The molecule has 2 aromatic rings. The minimum absolute atomic E-state index is 0.430. The summed E-state index contributed by atoms with van der Waals surface area (Å²) in [7, 11) is 0. The van der Waals surface area contributed by atoms with E-state index >= 15 is 0 Å². The lowest BCUT2D eigenvalue weighted by Crippen LogP contribution is -2.02. The van der Waals surface area contributed by atoms with Gasteiger partial charge in [-0.3, -0.25) is 0 Å². The second-order valence-corrected chi connectivity index (χ2v) is 3.69. The summed E-state index contributed by atoms with van der Waals surface area (Å²) in [6.45, 7) is 3.34. The fraction of sp³-hybridized carbons (Fsp3) is 0. The number of hydrogen-bond acceptors (Lipinski definition) is 3. The molecule has 0 saturated carbocycles. The van der Waals surface area contributed by atoms with Crippen molar-refractivity contribution in [2.75, 3.05) is 0 Å². The maximum atomic E-state index is 10.9. The van der Waals surface area contributed by atoms with Crippen molar-refractivity contribution in [3.8, 4) is 5.75 Å². The standard InChI is InChI=1S/C11H8O2S/c1-2-11(12)13-9-4-3-8-5-6-14-10(8)7-9/h2-7H,1H2. The van der Waals surface area contributed by atoms with Crippen LogP contribution in [0.4, 0.5) is 0 Å². The molecular formula is C11H8O2S. The van der Waals surface area contributed by atoms with Gasteiger partial charge in [0.1, 0.15) is 5.75 Å². The van der Waals surface area contributed by atoms with Gasteiger partial charge in [-0.2, -0.15) is 0 Å². The SMILES string of the molecule is C=CC(=O)Oc1ccc2ccsc2c1. The fourth-order valence-electron chi connectivity index (χ4n) is 1.16. The van der Waals surface area contributed by atoms with E-state index in [1.807, 2.05) is 23.6 Å². The number of esters is 1. The van der Waals surface area contributed by atoms with Crippen molar-refractivity contribution in [1.82, 2.24) is 0 Å². The van der Waals surface area contributed by atoms with Crippen LogP contribution in [-0.4, -0.2) is 5.97 Å². The van der Waals surface area contributed by atoms with E-state index in [0.29, 0.717) is 5.75 Å². The van der Waals surface area contributed by atoms with E-state index in [1.165, 1.54) is 0 Å². The lowest BCUT2D eigenvalue weighted by atomic mass is 10.2. The molecule has 70 valence electrons. The third-order valence-corrected chi connectivity index (χ3v) is 2.69. The van der Waals surface area contributed by atoms with Gasteiger partial charge in [-0.15, -0.1) is 11.3 Å². The van der Waals surface area contributed by atoms with E-state index in [1.54, 1.807) is 17.4 Å². The van der Waals surface area contributed by atoms with E-state index < -0.39 is 5.97 Å². The molecule has 0 radical (unpaired) electrons. The van der Waals surface area contributed by atoms with Crippen LogP contribution in [0.3, 0.4) is 0 Å². The summed E-state index contributed by atoms with van der Waals surface area (Å²) in [5.41, 5.74) is 0. The van der Waals surface area contributed by atoms with Crippen molar-refractivity contribution in [3.05, 3.63) is 42.3 Å². The summed E-state index contributed by atoms with van der Waals surface area (Å²) in [6.07, 6.45) is 1.15. The zero-order valence-electron chi connectivity index (χ0n) is 7.40. The molecular weight excluding hydrogens is 196 g/mol. The highest BCUT2D eigenvalue weighted by atomic mass is 32.1. The first-order valence-electron chi connectivity index (χ1n) is 4.11. The Morgan fingerprint density at radius 1 is 1.43 bits per heavy atom. The summed E-state index contributed by atoms with van der Waals surface area (Å²) in [5, 5.41) is 3.16. The summed E-state index contributed by atoms with van der Waals surface area (Å²) in [5.74, 6) is 0.130.